The third-order valence-electron chi connectivity index (χ3n) is 4.90. The van der Waals surface area contributed by atoms with Crippen molar-refractivity contribution in [2.75, 3.05) is 6.61 Å². The van der Waals surface area contributed by atoms with Crippen LogP contribution in [0.4, 0.5) is 0 Å². The summed E-state index contributed by atoms with van der Waals surface area (Å²) in [5.41, 5.74) is 5.03. The van der Waals surface area contributed by atoms with Crippen LogP contribution >= 0.6 is 0 Å². The lowest BCUT2D eigenvalue weighted by atomic mass is 9.91. The Morgan fingerprint density at radius 3 is 2.00 bits per heavy atom. The lowest BCUT2D eigenvalue weighted by Gasteiger charge is -2.23. The first kappa shape index (κ1) is 18.5. The van der Waals surface area contributed by atoms with Gasteiger partial charge in [0.2, 0.25) is 0 Å². The predicted molar refractivity (Wildman–Crippen MR) is 106 cm³/mol. The van der Waals surface area contributed by atoms with E-state index in [1.54, 1.807) is 12.1 Å². The van der Waals surface area contributed by atoms with Crippen molar-refractivity contribution < 1.29 is 14.6 Å². The van der Waals surface area contributed by atoms with Crippen LogP contribution in [0.25, 0.3) is 11.1 Å². The Bertz CT molecular complexity index is 723. The lowest BCUT2D eigenvalue weighted by molar-refractivity contribution is -0.105. The van der Waals surface area contributed by atoms with Gasteiger partial charge in [-0.3, -0.25) is 0 Å². The molecule has 138 valence electrons. The third kappa shape index (κ3) is 4.47. The molecular weight excluding hydrogens is 324 g/mol. The van der Waals surface area contributed by atoms with Gasteiger partial charge in [-0.25, -0.2) is 0 Å². The monoisotopic (exact) mass is 352 g/mol. The molecule has 3 nitrogen and oxygen atoms in total. The van der Waals surface area contributed by atoms with Crippen molar-refractivity contribution in [3.8, 4) is 11.5 Å². The first-order chi connectivity index (χ1) is 12.7. The molecule has 0 saturated carbocycles. The molecule has 0 aliphatic carbocycles. The van der Waals surface area contributed by atoms with Crippen molar-refractivity contribution in [1.29, 1.82) is 0 Å². The number of ether oxygens (including phenoxy) is 2. The highest BCUT2D eigenvalue weighted by Gasteiger charge is 2.15. The topological polar surface area (TPSA) is 38.7 Å². The summed E-state index contributed by atoms with van der Waals surface area (Å²) in [6, 6.07) is 15.8. The smallest absolute Gasteiger partial charge is 0.199 e. The highest BCUT2D eigenvalue weighted by Crippen LogP contribution is 2.33. The maximum absolute atomic E-state index is 9.55. The minimum absolute atomic E-state index is 0.112. The normalized spacial score (nSPS) is 18.3. The molecule has 1 saturated heterocycles. The van der Waals surface area contributed by atoms with E-state index in [1.807, 2.05) is 24.3 Å². The number of allylic oxidation sites excluding steroid dienone is 2. The fourth-order valence-corrected chi connectivity index (χ4v) is 3.54. The molecule has 1 unspecified atom stereocenters. The van der Waals surface area contributed by atoms with Crippen molar-refractivity contribution in [3.63, 3.8) is 0 Å². The van der Waals surface area contributed by atoms with Gasteiger partial charge in [0.15, 0.2) is 6.29 Å². The summed E-state index contributed by atoms with van der Waals surface area (Å²) in [5, 5.41) is 9.55. The van der Waals surface area contributed by atoms with E-state index in [9.17, 15) is 5.11 Å². The average Bonchev–Trinajstić information content (AvgIpc) is 2.69. The van der Waals surface area contributed by atoms with Crippen molar-refractivity contribution in [1.82, 2.24) is 0 Å². The minimum atomic E-state index is -0.112. The van der Waals surface area contributed by atoms with E-state index >= 15 is 0 Å². The minimum Gasteiger partial charge on any atom is -0.508 e. The molecular formula is C23H28O3. The summed E-state index contributed by atoms with van der Waals surface area (Å²) in [4.78, 5) is 0. The van der Waals surface area contributed by atoms with Crippen molar-refractivity contribution >= 4 is 11.1 Å². The van der Waals surface area contributed by atoms with Gasteiger partial charge in [-0.15, -0.1) is 0 Å². The van der Waals surface area contributed by atoms with Gasteiger partial charge in [0, 0.05) is 6.42 Å². The molecule has 26 heavy (non-hydrogen) atoms. The first-order valence-electron chi connectivity index (χ1n) is 9.61. The van der Waals surface area contributed by atoms with Gasteiger partial charge < -0.3 is 14.6 Å². The summed E-state index contributed by atoms with van der Waals surface area (Å²) in [6.07, 6.45) is 5.04. The quantitative estimate of drug-likeness (QED) is 0.645. The maximum Gasteiger partial charge on any atom is 0.199 e. The van der Waals surface area contributed by atoms with E-state index in [4.69, 9.17) is 9.47 Å². The molecule has 0 amide bonds. The van der Waals surface area contributed by atoms with Gasteiger partial charge in [0.1, 0.15) is 11.5 Å². The number of phenolic OH excluding ortho intramolecular Hbond substituents is 1. The van der Waals surface area contributed by atoms with E-state index in [2.05, 4.69) is 26.0 Å². The van der Waals surface area contributed by atoms with Gasteiger partial charge >= 0.3 is 0 Å². The van der Waals surface area contributed by atoms with E-state index in [-0.39, 0.29) is 6.29 Å². The highest BCUT2D eigenvalue weighted by atomic mass is 16.7. The first-order valence-corrected chi connectivity index (χ1v) is 9.61. The van der Waals surface area contributed by atoms with E-state index in [0.717, 1.165) is 50.0 Å². The molecule has 0 aromatic heterocycles. The Kier molecular flexibility index (Phi) is 6.35. The molecule has 2 aromatic rings. The Hall–Kier alpha value is -2.26. The van der Waals surface area contributed by atoms with Crippen LogP contribution in [0.2, 0.25) is 0 Å². The highest BCUT2D eigenvalue weighted by molar-refractivity contribution is 5.90. The molecule has 1 aliphatic rings. The molecule has 0 radical (unpaired) electrons. The molecule has 1 atom stereocenters. The van der Waals surface area contributed by atoms with Crippen LogP contribution in [0.5, 0.6) is 11.5 Å². The Morgan fingerprint density at radius 1 is 0.923 bits per heavy atom. The number of hydrogen-bond donors (Lipinski definition) is 1. The Morgan fingerprint density at radius 2 is 1.50 bits per heavy atom. The maximum atomic E-state index is 9.55. The summed E-state index contributed by atoms with van der Waals surface area (Å²) in [7, 11) is 0. The number of rotatable bonds is 6. The molecule has 3 heteroatoms. The predicted octanol–water partition coefficient (Wildman–Crippen LogP) is 6.03. The van der Waals surface area contributed by atoms with Crippen molar-refractivity contribution in [2.45, 2.75) is 52.2 Å². The van der Waals surface area contributed by atoms with Gasteiger partial charge in [0.05, 0.1) is 6.61 Å². The summed E-state index contributed by atoms with van der Waals surface area (Å²) in [5.74, 6) is 1.16. The van der Waals surface area contributed by atoms with Crippen LogP contribution in [-0.4, -0.2) is 18.0 Å². The van der Waals surface area contributed by atoms with Gasteiger partial charge in [-0.05, 0) is 72.2 Å². The van der Waals surface area contributed by atoms with Crippen LogP contribution in [0.3, 0.4) is 0 Å². The molecule has 1 aliphatic heterocycles. The molecule has 0 spiro atoms. The van der Waals surface area contributed by atoms with Gasteiger partial charge in [-0.2, -0.15) is 0 Å². The van der Waals surface area contributed by atoms with Crippen LogP contribution in [0, 0.1) is 0 Å². The summed E-state index contributed by atoms with van der Waals surface area (Å²) in [6.45, 7) is 5.15. The van der Waals surface area contributed by atoms with Crippen LogP contribution in [0.1, 0.15) is 57.1 Å². The van der Waals surface area contributed by atoms with E-state index in [1.165, 1.54) is 16.7 Å². The number of aromatic hydroxyl groups is 1. The summed E-state index contributed by atoms with van der Waals surface area (Å²) < 4.78 is 11.6. The fourth-order valence-electron chi connectivity index (χ4n) is 3.54. The van der Waals surface area contributed by atoms with Gasteiger partial charge in [-0.1, -0.05) is 38.1 Å². The zero-order valence-electron chi connectivity index (χ0n) is 15.7. The second-order valence-corrected chi connectivity index (χ2v) is 6.65. The number of hydrogen-bond acceptors (Lipinski definition) is 3. The molecule has 0 bridgehead atoms. The van der Waals surface area contributed by atoms with Crippen LogP contribution in [0.15, 0.2) is 48.5 Å². The third-order valence-corrected chi connectivity index (χ3v) is 4.90. The SMILES string of the molecule is CC/C(=C(/CC)c1ccc(OC2CCCCO2)cc1)c1ccc(O)cc1. The molecule has 1 fully saturated rings. The molecule has 1 heterocycles. The zero-order valence-corrected chi connectivity index (χ0v) is 15.7. The summed E-state index contributed by atoms with van der Waals surface area (Å²) >= 11 is 0. The molecule has 3 rings (SSSR count). The second-order valence-electron chi connectivity index (χ2n) is 6.65. The lowest BCUT2D eigenvalue weighted by Crippen LogP contribution is -2.24. The second kappa shape index (κ2) is 8.91. The largest absolute Gasteiger partial charge is 0.508 e. The van der Waals surface area contributed by atoms with Gasteiger partial charge in [0.25, 0.3) is 0 Å². The van der Waals surface area contributed by atoms with Crippen molar-refractivity contribution in [3.05, 3.63) is 59.7 Å². The average molecular weight is 352 g/mol. The molecule has 1 N–H and O–H groups in total. The Balaban J connectivity index is 1.83. The molecule has 2 aromatic carbocycles. The fraction of sp³-hybridized carbons (Fsp3) is 0.391. The van der Waals surface area contributed by atoms with E-state index in [0.29, 0.717) is 5.75 Å². The number of benzene rings is 2. The number of phenols is 1. The van der Waals surface area contributed by atoms with E-state index < -0.39 is 0 Å². The van der Waals surface area contributed by atoms with Crippen LogP contribution in [-0.2, 0) is 4.74 Å². The zero-order chi connectivity index (χ0) is 18.4. The van der Waals surface area contributed by atoms with Crippen molar-refractivity contribution in [2.24, 2.45) is 0 Å². The Labute approximate surface area is 156 Å². The van der Waals surface area contributed by atoms with Crippen LogP contribution < -0.4 is 4.74 Å². The standard InChI is InChI=1S/C23H28O3/c1-3-21(17-8-12-19(24)13-9-17)22(4-2)18-10-14-20(15-11-18)26-23-7-5-6-16-25-23/h8-15,23-24H,3-7,16H2,1-2H3/b22-21+.